The lowest BCUT2D eigenvalue weighted by molar-refractivity contribution is -0.138. The Bertz CT molecular complexity index is 1270. The first-order valence-electron chi connectivity index (χ1n) is 12.0. The van der Waals surface area contributed by atoms with Crippen molar-refractivity contribution in [1.82, 2.24) is 9.88 Å². The number of benzene rings is 2. The maximum atomic E-state index is 13.6. The first-order valence-corrected chi connectivity index (χ1v) is 12.0. The molecule has 1 fully saturated rings. The SMILES string of the molecule is CCN(Cc1cc(C(F)(F)F)ccc1-c1cc(CC(=O)O)cnc1OCc1ccccc1)C(=O)C1CC1. The van der Waals surface area contributed by atoms with Gasteiger partial charge in [0.05, 0.1) is 12.0 Å². The van der Waals surface area contributed by atoms with Gasteiger partial charge in [-0.25, -0.2) is 4.98 Å². The summed E-state index contributed by atoms with van der Waals surface area (Å²) in [6, 6.07) is 14.2. The number of halogens is 3. The van der Waals surface area contributed by atoms with E-state index in [9.17, 15) is 27.9 Å². The number of rotatable bonds is 10. The van der Waals surface area contributed by atoms with E-state index < -0.39 is 17.7 Å². The number of aliphatic carboxylic acids is 1. The van der Waals surface area contributed by atoms with Crippen LogP contribution in [-0.4, -0.2) is 33.4 Å². The second-order valence-corrected chi connectivity index (χ2v) is 9.04. The summed E-state index contributed by atoms with van der Waals surface area (Å²) in [4.78, 5) is 30.0. The smallest absolute Gasteiger partial charge is 0.416 e. The van der Waals surface area contributed by atoms with Crippen molar-refractivity contribution < 1.29 is 32.6 Å². The lowest BCUT2D eigenvalue weighted by Gasteiger charge is -2.24. The zero-order valence-electron chi connectivity index (χ0n) is 20.3. The Labute approximate surface area is 212 Å². The van der Waals surface area contributed by atoms with Gasteiger partial charge >= 0.3 is 12.1 Å². The highest BCUT2D eigenvalue weighted by Crippen LogP contribution is 2.38. The van der Waals surface area contributed by atoms with Crippen molar-refractivity contribution in [3.63, 3.8) is 0 Å². The van der Waals surface area contributed by atoms with Crippen LogP contribution < -0.4 is 4.74 Å². The van der Waals surface area contributed by atoms with Gasteiger partial charge in [0, 0.05) is 30.8 Å². The van der Waals surface area contributed by atoms with Crippen molar-refractivity contribution >= 4 is 11.9 Å². The van der Waals surface area contributed by atoms with Gasteiger partial charge in [-0.15, -0.1) is 0 Å². The molecule has 0 spiro atoms. The maximum absolute atomic E-state index is 13.6. The lowest BCUT2D eigenvalue weighted by Crippen LogP contribution is -2.31. The maximum Gasteiger partial charge on any atom is 0.416 e. The number of carboxylic acids is 1. The van der Waals surface area contributed by atoms with E-state index in [4.69, 9.17) is 4.74 Å². The fourth-order valence-corrected chi connectivity index (χ4v) is 4.10. The molecule has 0 unspecified atom stereocenters. The van der Waals surface area contributed by atoms with E-state index in [2.05, 4.69) is 4.98 Å². The zero-order chi connectivity index (χ0) is 26.6. The van der Waals surface area contributed by atoms with Crippen LogP contribution in [0.15, 0.2) is 60.8 Å². The quantitative estimate of drug-likeness (QED) is 0.375. The topological polar surface area (TPSA) is 79.7 Å². The van der Waals surface area contributed by atoms with Crippen molar-refractivity contribution in [2.75, 3.05) is 6.54 Å². The monoisotopic (exact) mass is 512 g/mol. The molecule has 0 atom stereocenters. The molecule has 1 amide bonds. The number of nitrogens with zero attached hydrogens (tertiary/aromatic N) is 2. The average molecular weight is 513 g/mol. The average Bonchev–Trinajstić information content (AvgIpc) is 3.71. The number of hydrogen-bond acceptors (Lipinski definition) is 4. The molecule has 2 aromatic carbocycles. The summed E-state index contributed by atoms with van der Waals surface area (Å²) in [5, 5.41) is 9.27. The molecule has 0 bridgehead atoms. The molecular formula is C28H27F3N2O4. The minimum Gasteiger partial charge on any atom is -0.481 e. The van der Waals surface area contributed by atoms with E-state index >= 15 is 0 Å². The van der Waals surface area contributed by atoms with Crippen LogP contribution in [0, 0.1) is 5.92 Å². The van der Waals surface area contributed by atoms with Gasteiger partial charge in [0.15, 0.2) is 0 Å². The predicted molar refractivity (Wildman–Crippen MR) is 131 cm³/mol. The van der Waals surface area contributed by atoms with Crippen molar-refractivity contribution in [3.05, 3.63) is 83.0 Å². The number of pyridine rings is 1. The number of ether oxygens (including phenoxy) is 1. The van der Waals surface area contributed by atoms with Crippen molar-refractivity contribution in [2.24, 2.45) is 5.92 Å². The molecule has 37 heavy (non-hydrogen) atoms. The van der Waals surface area contributed by atoms with E-state index in [0.29, 0.717) is 23.2 Å². The molecule has 0 aliphatic heterocycles. The lowest BCUT2D eigenvalue weighted by atomic mass is 9.96. The van der Waals surface area contributed by atoms with Gasteiger partial charge < -0.3 is 14.7 Å². The van der Waals surface area contributed by atoms with Crippen molar-refractivity contribution in [2.45, 2.75) is 45.5 Å². The molecule has 1 N–H and O–H groups in total. The molecule has 4 rings (SSSR count). The highest BCUT2D eigenvalue weighted by molar-refractivity contribution is 5.82. The summed E-state index contributed by atoms with van der Waals surface area (Å²) >= 11 is 0. The second-order valence-electron chi connectivity index (χ2n) is 9.04. The Morgan fingerprint density at radius 3 is 2.41 bits per heavy atom. The zero-order valence-corrected chi connectivity index (χ0v) is 20.3. The molecule has 0 radical (unpaired) electrons. The van der Waals surface area contributed by atoms with E-state index in [1.54, 1.807) is 17.9 Å². The van der Waals surface area contributed by atoms with E-state index in [1.165, 1.54) is 12.3 Å². The first-order chi connectivity index (χ1) is 17.7. The fourth-order valence-electron chi connectivity index (χ4n) is 4.10. The standard InChI is InChI=1S/C28H27F3N2O4/c1-2-33(27(36)20-8-9-20)16-21-14-22(28(29,30)31)10-11-23(21)24-12-19(13-25(34)35)15-32-26(24)37-17-18-6-4-3-5-7-18/h3-7,10-12,14-15,20H,2,8-9,13,16-17H2,1H3,(H,34,35). The van der Waals surface area contributed by atoms with Crippen LogP contribution in [0.3, 0.4) is 0 Å². The molecule has 1 saturated carbocycles. The molecular weight excluding hydrogens is 485 g/mol. The van der Waals surface area contributed by atoms with Crippen molar-refractivity contribution in [1.29, 1.82) is 0 Å². The minimum absolute atomic E-state index is 0.0215. The molecule has 6 nitrogen and oxygen atoms in total. The Kier molecular flexibility index (Phi) is 7.80. The molecule has 9 heteroatoms. The van der Waals surface area contributed by atoms with E-state index in [1.807, 2.05) is 30.3 Å². The molecule has 1 aliphatic carbocycles. The number of carboxylic acid groups (broad SMARTS) is 1. The number of hydrogen-bond donors (Lipinski definition) is 1. The molecule has 1 aliphatic rings. The highest BCUT2D eigenvalue weighted by atomic mass is 19.4. The minimum atomic E-state index is -4.57. The number of aromatic nitrogens is 1. The molecule has 3 aromatic rings. The molecule has 194 valence electrons. The first kappa shape index (κ1) is 26.2. The van der Waals surface area contributed by atoms with Gasteiger partial charge in [-0.1, -0.05) is 36.4 Å². The Hall–Kier alpha value is -3.88. The van der Waals surface area contributed by atoms with Gasteiger partial charge in [-0.05, 0) is 60.2 Å². The normalized spacial score (nSPS) is 13.3. The molecule has 0 saturated heterocycles. The number of carbonyl (C=O) groups is 2. The summed E-state index contributed by atoms with van der Waals surface area (Å²) < 4.78 is 46.8. The van der Waals surface area contributed by atoms with Crippen LogP contribution in [-0.2, 0) is 35.3 Å². The van der Waals surface area contributed by atoms with E-state index in [-0.39, 0.29) is 42.8 Å². The fraction of sp³-hybridized carbons (Fsp3) is 0.321. The Balaban J connectivity index is 1.78. The number of carbonyl (C=O) groups excluding carboxylic acids is 1. The van der Waals surface area contributed by atoms with Crippen LogP contribution in [0.2, 0.25) is 0 Å². The predicted octanol–water partition coefficient (Wildman–Crippen LogP) is 5.73. The number of amides is 1. The highest BCUT2D eigenvalue weighted by Gasteiger charge is 2.34. The van der Waals surface area contributed by atoms with Gasteiger partial charge in [-0.2, -0.15) is 13.2 Å². The van der Waals surface area contributed by atoms with Gasteiger partial charge in [0.2, 0.25) is 11.8 Å². The van der Waals surface area contributed by atoms with Gasteiger partial charge in [0.1, 0.15) is 6.61 Å². The van der Waals surface area contributed by atoms with Crippen LogP contribution in [0.5, 0.6) is 5.88 Å². The summed E-state index contributed by atoms with van der Waals surface area (Å²) in [5.41, 5.74) is 1.46. The Morgan fingerprint density at radius 1 is 1.05 bits per heavy atom. The van der Waals surface area contributed by atoms with Gasteiger partial charge in [-0.3, -0.25) is 9.59 Å². The summed E-state index contributed by atoms with van der Waals surface area (Å²) in [6.07, 6.45) is -1.93. The van der Waals surface area contributed by atoms with Crippen molar-refractivity contribution in [3.8, 4) is 17.0 Å². The van der Waals surface area contributed by atoms with Crippen LogP contribution in [0.25, 0.3) is 11.1 Å². The van der Waals surface area contributed by atoms with E-state index in [0.717, 1.165) is 30.5 Å². The van der Waals surface area contributed by atoms with Gasteiger partial charge in [0.25, 0.3) is 0 Å². The summed E-state index contributed by atoms with van der Waals surface area (Å²) in [5.74, 6) is -1.07. The molecule has 1 heterocycles. The molecule has 1 aromatic heterocycles. The van der Waals surface area contributed by atoms with Crippen LogP contribution in [0.1, 0.15) is 42.0 Å². The third-order valence-corrected chi connectivity index (χ3v) is 6.19. The third-order valence-electron chi connectivity index (χ3n) is 6.19. The second kappa shape index (κ2) is 11.0. The van der Waals surface area contributed by atoms with Crippen LogP contribution in [0.4, 0.5) is 13.2 Å². The number of alkyl halides is 3. The Morgan fingerprint density at radius 2 is 1.78 bits per heavy atom. The van der Waals surface area contributed by atoms with Crippen LogP contribution >= 0.6 is 0 Å². The summed E-state index contributed by atoms with van der Waals surface area (Å²) in [7, 11) is 0. The third kappa shape index (κ3) is 6.67. The largest absolute Gasteiger partial charge is 0.481 e. The summed E-state index contributed by atoms with van der Waals surface area (Å²) in [6.45, 7) is 2.28.